The van der Waals surface area contributed by atoms with Gasteiger partial charge in [-0.25, -0.2) is 0 Å². The first-order chi connectivity index (χ1) is 9.37. The molecule has 1 aliphatic rings. The van der Waals surface area contributed by atoms with Crippen molar-refractivity contribution in [3.05, 3.63) is 35.9 Å². The molecule has 0 aliphatic carbocycles. The molecule has 2 amide bonds. The smallest absolute Gasteiger partial charge is 0.345 e. The topological polar surface area (TPSA) is 49.4 Å². The highest BCUT2D eigenvalue weighted by atomic mass is 19.4. The summed E-state index contributed by atoms with van der Waals surface area (Å²) in [5.74, 6) is -1.28. The molecule has 1 aromatic rings. The van der Waals surface area contributed by atoms with Crippen LogP contribution in [0.2, 0.25) is 0 Å². The number of carbonyl (C=O) groups is 2. The Hall–Kier alpha value is -2.05. The first kappa shape index (κ1) is 14.4. The van der Waals surface area contributed by atoms with Crippen LogP contribution < -0.4 is 5.32 Å². The Kier molecular flexibility index (Phi) is 3.96. The van der Waals surface area contributed by atoms with Gasteiger partial charge >= 0.3 is 6.18 Å². The number of piperazine rings is 1. The maximum Gasteiger partial charge on any atom is 0.406 e. The average molecular weight is 286 g/mol. The number of nitrogens with one attached hydrogen (secondary N) is 1. The second-order valence-electron chi connectivity index (χ2n) is 4.56. The maximum absolute atomic E-state index is 12.5. The summed E-state index contributed by atoms with van der Waals surface area (Å²) in [4.78, 5) is 24.0. The van der Waals surface area contributed by atoms with Crippen LogP contribution in [0.5, 0.6) is 0 Å². The predicted molar refractivity (Wildman–Crippen MR) is 64.7 cm³/mol. The third-order valence-electron chi connectivity index (χ3n) is 3.03. The van der Waals surface area contributed by atoms with Crippen molar-refractivity contribution in [2.45, 2.75) is 18.6 Å². The van der Waals surface area contributed by atoms with Crippen LogP contribution in [0.15, 0.2) is 30.3 Å². The van der Waals surface area contributed by atoms with Crippen molar-refractivity contribution >= 4 is 11.8 Å². The number of rotatable bonds is 3. The van der Waals surface area contributed by atoms with Crippen molar-refractivity contribution in [3.8, 4) is 0 Å². The van der Waals surface area contributed by atoms with E-state index < -0.39 is 30.6 Å². The zero-order valence-electron chi connectivity index (χ0n) is 10.5. The molecule has 1 fully saturated rings. The van der Waals surface area contributed by atoms with Crippen LogP contribution in [0.1, 0.15) is 5.56 Å². The lowest BCUT2D eigenvalue weighted by Gasteiger charge is -2.35. The van der Waals surface area contributed by atoms with Gasteiger partial charge < -0.3 is 10.2 Å². The highest BCUT2D eigenvalue weighted by molar-refractivity contribution is 5.95. The maximum atomic E-state index is 12.5. The Morgan fingerprint density at radius 2 is 1.85 bits per heavy atom. The van der Waals surface area contributed by atoms with E-state index in [0.717, 1.165) is 0 Å². The zero-order chi connectivity index (χ0) is 14.8. The summed E-state index contributed by atoms with van der Waals surface area (Å²) in [6.07, 6.45) is -4.46. The van der Waals surface area contributed by atoms with Gasteiger partial charge in [-0.15, -0.1) is 0 Å². The van der Waals surface area contributed by atoms with E-state index in [1.54, 1.807) is 30.3 Å². The fourth-order valence-electron chi connectivity index (χ4n) is 2.13. The van der Waals surface area contributed by atoms with Crippen molar-refractivity contribution in [1.29, 1.82) is 0 Å². The van der Waals surface area contributed by atoms with Gasteiger partial charge in [-0.1, -0.05) is 30.3 Å². The van der Waals surface area contributed by atoms with Gasteiger partial charge in [0.05, 0.1) is 6.54 Å². The van der Waals surface area contributed by atoms with E-state index in [0.29, 0.717) is 10.5 Å². The molecule has 1 heterocycles. The average Bonchev–Trinajstić information content (AvgIpc) is 2.38. The number of carbonyl (C=O) groups excluding carboxylic acids is 2. The first-order valence-corrected chi connectivity index (χ1v) is 6.05. The standard InChI is InChI=1S/C13H13F3N2O2/c14-13(15,16)8-18-10(12(20)17-7-11(18)19)6-9-4-2-1-3-5-9/h1-5,10H,6-8H2,(H,17,20)/t10-/m0/s1. The van der Waals surface area contributed by atoms with Gasteiger partial charge in [0.15, 0.2) is 0 Å². The van der Waals surface area contributed by atoms with E-state index in [2.05, 4.69) is 5.32 Å². The Bertz CT molecular complexity index is 502. The second-order valence-corrected chi connectivity index (χ2v) is 4.56. The quantitative estimate of drug-likeness (QED) is 0.905. The lowest BCUT2D eigenvalue weighted by atomic mass is 10.0. The Morgan fingerprint density at radius 1 is 1.20 bits per heavy atom. The third-order valence-corrected chi connectivity index (χ3v) is 3.03. The fraction of sp³-hybridized carbons (Fsp3) is 0.385. The second kappa shape index (κ2) is 5.52. The summed E-state index contributed by atoms with van der Waals surface area (Å²) in [5, 5.41) is 2.32. The number of alkyl halides is 3. The number of hydrogen-bond acceptors (Lipinski definition) is 2. The largest absolute Gasteiger partial charge is 0.406 e. The normalized spacial score (nSPS) is 19.9. The molecule has 1 N–H and O–H groups in total. The molecule has 1 aromatic carbocycles. The van der Waals surface area contributed by atoms with E-state index >= 15 is 0 Å². The van der Waals surface area contributed by atoms with Crippen molar-refractivity contribution in [1.82, 2.24) is 10.2 Å². The Balaban J connectivity index is 2.20. The summed E-state index contributed by atoms with van der Waals surface area (Å²) in [5.41, 5.74) is 0.703. The van der Waals surface area contributed by atoms with Gasteiger partial charge in [-0.05, 0) is 5.56 Å². The van der Waals surface area contributed by atoms with Gasteiger partial charge in [0, 0.05) is 6.42 Å². The van der Waals surface area contributed by atoms with Gasteiger partial charge in [-0.3, -0.25) is 9.59 Å². The molecule has 7 heteroatoms. The minimum Gasteiger partial charge on any atom is -0.345 e. The molecule has 0 spiro atoms. The predicted octanol–water partition coefficient (Wildman–Crippen LogP) is 1.12. The molecule has 0 radical (unpaired) electrons. The molecule has 108 valence electrons. The van der Waals surface area contributed by atoms with E-state index in [9.17, 15) is 22.8 Å². The van der Waals surface area contributed by atoms with Crippen molar-refractivity contribution < 1.29 is 22.8 Å². The minimum atomic E-state index is -4.53. The summed E-state index contributed by atoms with van der Waals surface area (Å²) in [7, 11) is 0. The lowest BCUT2D eigenvalue weighted by molar-refractivity contribution is -0.171. The monoisotopic (exact) mass is 286 g/mol. The lowest BCUT2D eigenvalue weighted by Crippen LogP contribution is -2.61. The molecule has 0 unspecified atom stereocenters. The fourth-order valence-corrected chi connectivity index (χ4v) is 2.13. The van der Waals surface area contributed by atoms with Crippen LogP contribution in [-0.2, 0) is 16.0 Å². The number of hydrogen-bond donors (Lipinski definition) is 1. The van der Waals surface area contributed by atoms with Crippen molar-refractivity contribution in [2.24, 2.45) is 0 Å². The van der Waals surface area contributed by atoms with Crippen LogP contribution in [0.3, 0.4) is 0 Å². The molecule has 0 bridgehead atoms. The first-order valence-electron chi connectivity index (χ1n) is 6.05. The van der Waals surface area contributed by atoms with Crippen LogP contribution in [0.4, 0.5) is 13.2 Å². The third kappa shape index (κ3) is 3.49. The van der Waals surface area contributed by atoms with E-state index in [4.69, 9.17) is 0 Å². The molecule has 1 aliphatic heterocycles. The Labute approximate surface area is 113 Å². The number of benzene rings is 1. The van der Waals surface area contributed by atoms with Gasteiger partial charge in [-0.2, -0.15) is 13.2 Å². The number of nitrogens with zero attached hydrogens (tertiary/aromatic N) is 1. The van der Waals surface area contributed by atoms with Crippen molar-refractivity contribution in [2.75, 3.05) is 13.1 Å². The zero-order valence-corrected chi connectivity index (χ0v) is 10.5. The summed E-state index contributed by atoms with van der Waals surface area (Å²) in [6, 6.07) is 7.51. The van der Waals surface area contributed by atoms with Crippen LogP contribution in [0.25, 0.3) is 0 Å². The molecule has 20 heavy (non-hydrogen) atoms. The molecular formula is C13H13F3N2O2. The molecule has 4 nitrogen and oxygen atoms in total. The highest BCUT2D eigenvalue weighted by Gasteiger charge is 2.41. The molecule has 1 atom stereocenters. The molecule has 2 rings (SSSR count). The summed E-state index contributed by atoms with van der Waals surface area (Å²) >= 11 is 0. The van der Waals surface area contributed by atoms with Gasteiger partial charge in [0.1, 0.15) is 12.6 Å². The summed E-state index contributed by atoms with van der Waals surface area (Å²) < 4.78 is 37.6. The molecule has 0 aromatic heterocycles. The van der Waals surface area contributed by atoms with Crippen LogP contribution in [0, 0.1) is 0 Å². The SMILES string of the molecule is O=C1NCC(=O)N(CC(F)(F)F)[C@H]1Cc1ccccc1. The van der Waals surface area contributed by atoms with Crippen molar-refractivity contribution in [3.63, 3.8) is 0 Å². The van der Waals surface area contributed by atoms with Crippen LogP contribution in [-0.4, -0.2) is 42.0 Å². The Morgan fingerprint density at radius 3 is 2.45 bits per heavy atom. The molecule has 0 saturated carbocycles. The van der Waals surface area contributed by atoms with E-state index in [-0.39, 0.29) is 13.0 Å². The van der Waals surface area contributed by atoms with E-state index in [1.807, 2.05) is 0 Å². The van der Waals surface area contributed by atoms with E-state index in [1.165, 1.54) is 0 Å². The number of amides is 2. The van der Waals surface area contributed by atoms with Gasteiger partial charge in [0.25, 0.3) is 0 Å². The molecular weight excluding hydrogens is 273 g/mol. The number of halogens is 3. The highest BCUT2D eigenvalue weighted by Crippen LogP contribution is 2.21. The van der Waals surface area contributed by atoms with Crippen LogP contribution >= 0.6 is 0 Å². The van der Waals surface area contributed by atoms with Gasteiger partial charge in [0.2, 0.25) is 11.8 Å². The molecule has 1 saturated heterocycles. The minimum absolute atomic E-state index is 0.0640. The summed E-state index contributed by atoms with van der Waals surface area (Å²) in [6.45, 7) is -1.79.